The Hall–Kier alpha value is -3.84. The van der Waals surface area contributed by atoms with E-state index in [4.69, 9.17) is 6.42 Å². The van der Waals surface area contributed by atoms with E-state index in [1.165, 1.54) is 6.07 Å². The molecule has 1 N–H and O–H groups in total. The summed E-state index contributed by atoms with van der Waals surface area (Å²) >= 11 is 0. The largest absolute Gasteiger partial charge is 0.478 e. The number of fused-ring (bicyclic) bond motifs is 1. The first-order valence-electron chi connectivity index (χ1n) is 8.06. The van der Waals surface area contributed by atoms with Gasteiger partial charge in [-0.1, -0.05) is 54.5 Å². The van der Waals surface area contributed by atoms with Crippen molar-refractivity contribution in [2.24, 2.45) is 0 Å². The fourth-order valence-corrected chi connectivity index (χ4v) is 3.16. The number of benzene rings is 3. The van der Waals surface area contributed by atoms with E-state index in [0.29, 0.717) is 11.1 Å². The average molecular weight is 338 g/mol. The minimum absolute atomic E-state index is 0.116. The predicted molar refractivity (Wildman–Crippen MR) is 101 cm³/mol. The number of aromatic carboxylic acids is 1. The fraction of sp³-hybridized carbons (Fsp3) is 0. The van der Waals surface area contributed by atoms with E-state index in [2.05, 4.69) is 11.0 Å². The Bertz CT molecular complexity index is 1180. The summed E-state index contributed by atoms with van der Waals surface area (Å²) < 4.78 is 1.85. The van der Waals surface area contributed by atoms with E-state index in [-0.39, 0.29) is 5.56 Å². The first-order chi connectivity index (χ1) is 12.7. The number of hydrogen-bond donors (Lipinski definition) is 1. The van der Waals surface area contributed by atoms with Crippen molar-refractivity contribution >= 4 is 16.9 Å². The van der Waals surface area contributed by atoms with E-state index in [0.717, 1.165) is 22.2 Å². The maximum atomic E-state index is 11.5. The number of hydrogen-bond acceptors (Lipinski definition) is 2. The van der Waals surface area contributed by atoms with E-state index in [1.807, 2.05) is 65.5 Å². The van der Waals surface area contributed by atoms with Gasteiger partial charge in [0.05, 0.1) is 23.0 Å². The molecule has 0 saturated carbocycles. The summed E-state index contributed by atoms with van der Waals surface area (Å²) in [6.45, 7) is 0. The molecular formula is C22H14N2O2. The van der Waals surface area contributed by atoms with Crippen LogP contribution >= 0.6 is 0 Å². The van der Waals surface area contributed by atoms with Gasteiger partial charge < -0.3 is 5.11 Å². The Balaban J connectivity index is 2.01. The molecule has 0 fully saturated rings. The van der Waals surface area contributed by atoms with Gasteiger partial charge >= 0.3 is 5.97 Å². The summed E-state index contributed by atoms with van der Waals surface area (Å²) in [6, 6.07) is 20.7. The summed E-state index contributed by atoms with van der Waals surface area (Å²) in [5.74, 6) is 1.50. The molecule has 1 heterocycles. The Morgan fingerprint density at radius 2 is 1.69 bits per heavy atom. The van der Waals surface area contributed by atoms with E-state index < -0.39 is 5.97 Å². The quantitative estimate of drug-likeness (QED) is 0.564. The number of aromatic nitrogens is 2. The fourth-order valence-electron chi connectivity index (χ4n) is 3.16. The van der Waals surface area contributed by atoms with Crippen LogP contribution in [0, 0.1) is 12.3 Å². The van der Waals surface area contributed by atoms with Crippen LogP contribution in [0.4, 0.5) is 0 Å². The predicted octanol–water partition coefficient (Wildman–Crippen LogP) is 4.37. The number of carbonyl (C=O) groups is 1. The van der Waals surface area contributed by atoms with Crippen LogP contribution in [-0.4, -0.2) is 20.9 Å². The summed E-state index contributed by atoms with van der Waals surface area (Å²) in [4.78, 5) is 11.5. The number of nitrogens with zero attached hydrogens (tertiary/aromatic N) is 2. The van der Waals surface area contributed by atoms with Gasteiger partial charge in [-0.15, -0.1) is 6.42 Å². The third-order valence-corrected chi connectivity index (χ3v) is 4.34. The van der Waals surface area contributed by atoms with Gasteiger partial charge in [-0.05, 0) is 18.2 Å². The van der Waals surface area contributed by atoms with Gasteiger partial charge in [0.15, 0.2) is 0 Å². The lowest BCUT2D eigenvalue weighted by Gasteiger charge is -2.13. The summed E-state index contributed by atoms with van der Waals surface area (Å²) in [5.41, 5.74) is 3.82. The second kappa shape index (κ2) is 6.23. The van der Waals surface area contributed by atoms with E-state index in [1.54, 1.807) is 6.07 Å². The summed E-state index contributed by atoms with van der Waals surface area (Å²) in [5, 5.41) is 15.0. The first kappa shape index (κ1) is 15.7. The highest BCUT2D eigenvalue weighted by Gasteiger charge is 2.17. The molecule has 0 radical (unpaired) electrons. The third kappa shape index (κ3) is 2.43. The molecule has 3 aromatic carbocycles. The minimum atomic E-state index is -1.04. The minimum Gasteiger partial charge on any atom is -0.478 e. The summed E-state index contributed by atoms with van der Waals surface area (Å²) in [6.07, 6.45) is 7.46. The molecule has 0 amide bonds. The lowest BCUT2D eigenvalue weighted by Crippen LogP contribution is -2.04. The van der Waals surface area contributed by atoms with Crippen LogP contribution in [-0.2, 0) is 0 Å². The van der Waals surface area contributed by atoms with Crippen molar-refractivity contribution in [1.82, 2.24) is 9.78 Å². The number of para-hydroxylation sites is 2. The lowest BCUT2D eigenvalue weighted by molar-refractivity contribution is 0.0696. The maximum Gasteiger partial charge on any atom is 0.336 e. The van der Waals surface area contributed by atoms with Crippen molar-refractivity contribution in [1.29, 1.82) is 0 Å². The molecule has 4 heteroatoms. The molecule has 0 aliphatic rings. The molecule has 0 bridgehead atoms. The molecular weight excluding hydrogens is 324 g/mol. The Labute approximate surface area is 150 Å². The molecule has 0 saturated heterocycles. The van der Waals surface area contributed by atoms with Crippen LogP contribution in [0.5, 0.6) is 0 Å². The van der Waals surface area contributed by atoms with Gasteiger partial charge in [0.1, 0.15) is 0 Å². The monoisotopic (exact) mass is 338 g/mol. The zero-order chi connectivity index (χ0) is 18.1. The normalized spacial score (nSPS) is 10.6. The average Bonchev–Trinajstić information content (AvgIpc) is 3.11. The smallest absolute Gasteiger partial charge is 0.336 e. The number of terminal acetylenes is 1. The highest BCUT2D eigenvalue weighted by molar-refractivity contribution is 5.95. The van der Waals surface area contributed by atoms with Gasteiger partial charge in [-0.3, -0.25) is 0 Å². The Morgan fingerprint density at radius 1 is 0.962 bits per heavy atom. The van der Waals surface area contributed by atoms with Crippen LogP contribution in [0.15, 0.2) is 72.9 Å². The second-order valence-corrected chi connectivity index (χ2v) is 5.81. The second-order valence-electron chi connectivity index (χ2n) is 5.81. The first-order valence-corrected chi connectivity index (χ1v) is 8.06. The summed E-state index contributed by atoms with van der Waals surface area (Å²) in [7, 11) is 0. The van der Waals surface area contributed by atoms with Crippen molar-refractivity contribution in [2.45, 2.75) is 0 Å². The van der Waals surface area contributed by atoms with Crippen LogP contribution in [0.25, 0.3) is 27.7 Å². The van der Waals surface area contributed by atoms with Crippen LogP contribution in [0.2, 0.25) is 0 Å². The number of carboxylic acid groups (broad SMARTS) is 1. The molecule has 0 spiro atoms. The molecule has 26 heavy (non-hydrogen) atoms. The van der Waals surface area contributed by atoms with Crippen LogP contribution in [0.3, 0.4) is 0 Å². The van der Waals surface area contributed by atoms with Gasteiger partial charge in [-0.25, -0.2) is 9.48 Å². The maximum absolute atomic E-state index is 11.5. The van der Waals surface area contributed by atoms with Crippen LogP contribution < -0.4 is 0 Å². The van der Waals surface area contributed by atoms with Crippen molar-refractivity contribution < 1.29 is 9.90 Å². The van der Waals surface area contributed by atoms with Gasteiger partial charge in [0, 0.05) is 22.1 Å². The standard InChI is InChI=1S/C22H14N2O2/c1-2-16-17(10-7-11-19(16)22(25)26)18-9-4-6-13-21(18)24-20-12-5-3-8-15(20)14-23-24/h1,3-14H,(H,25,26). The van der Waals surface area contributed by atoms with Crippen molar-refractivity contribution in [3.63, 3.8) is 0 Å². The molecule has 124 valence electrons. The molecule has 0 aliphatic heterocycles. The van der Waals surface area contributed by atoms with Gasteiger partial charge in [-0.2, -0.15) is 5.10 Å². The highest BCUT2D eigenvalue weighted by atomic mass is 16.4. The molecule has 0 aliphatic carbocycles. The molecule has 0 atom stereocenters. The number of carboxylic acids is 1. The molecule has 4 aromatic rings. The van der Waals surface area contributed by atoms with Crippen molar-refractivity contribution in [2.75, 3.05) is 0 Å². The molecule has 0 unspecified atom stereocenters. The SMILES string of the molecule is C#Cc1c(C(=O)O)cccc1-c1ccccc1-n1ncc2ccccc21. The Morgan fingerprint density at radius 3 is 2.50 bits per heavy atom. The lowest BCUT2D eigenvalue weighted by atomic mass is 9.94. The molecule has 4 nitrogen and oxygen atoms in total. The zero-order valence-corrected chi connectivity index (χ0v) is 13.8. The van der Waals surface area contributed by atoms with Crippen molar-refractivity contribution in [3.05, 3.63) is 84.1 Å². The third-order valence-electron chi connectivity index (χ3n) is 4.34. The Kier molecular flexibility index (Phi) is 3.75. The topological polar surface area (TPSA) is 55.1 Å². The highest BCUT2D eigenvalue weighted by Crippen LogP contribution is 2.32. The van der Waals surface area contributed by atoms with Gasteiger partial charge in [0.25, 0.3) is 0 Å². The van der Waals surface area contributed by atoms with Gasteiger partial charge in [0.2, 0.25) is 0 Å². The zero-order valence-electron chi connectivity index (χ0n) is 13.8. The van der Waals surface area contributed by atoms with Crippen molar-refractivity contribution in [3.8, 4) is 29.2 Å². The number of rotatable bonds is 3. The van der Waals surface area contributed by atoms with E-state index in [9.17, 15) is 9.90 Å². The molecule has 4 rings (SSSR count). The molecule has 1 aromatic heterocycles. The van der Waals surface area contributed by atoms with Crippen LogP contribution in [0.1, 0.15) is 15.9 Å². The van der Waals surface area contributed by atoms with E-state index >= 15 is 0 Å².